The van der Waals surface area contributed by atoms with E-state index in [2.05, 4.69) is 0 Å². The molecular formula is C30H28N2O5. The highest BCUT2D eigenvalue weighted by atomic mass is 16.6. The van der Waals surface area contributed by atoms with Gasteiger partial charge in [0.25, 0.3) is 5.91 Å². The number of ether oxygens (including phenoxy) is 2. The Balaban J connectivity index is 1.45. The monoisotopic (exact) mass is 496 g/mol. The van der Waals surface area contributed by atoms with Crippen molar-refractivity contribution in [2.24, 2.45) is 4.99 Å². The number of nitrogens with zero attached hydrogens (tertiary/aromatic N) is 2. The van der Waals surface area contributed by atoms with E-state index in [0.717, 1.165) is 33.0 Å². The van der Waals surface area contributed by atoms with Gasteiger partial charge in [0, 0.05) is 23.1 Å². The second kappa shape index (κ2) is 9.32. The topological polar surface area (TPSA) is 85.3 Å². The summed E-state index contributed by atoms with van der Waals surface area (Å²) in [6.45, 7) is 4.70. The lowest BCUT2D eigenvalue weighted by molar-refractivity contribution is -0.157. The van der Waals surface area contributed by atoms with Gasteiger partial charge in [-0.25, -0.2) is 14.7 Å². The van der Waals surface area contributed by atoms with Crippen LogP contribution in [-0.4, -0.2) is 40.7 Å². The molecule has 0 saturated carbocycles. The lowest BCUT2D eigenvalue weighted by atomic mass is 9.94. The van der Waals surface area contributed by atoms with E-state index >= 15 is 0 Å². The van der Waals surface area contributed by atoms with Gasteiger partial charge in [0.15, 0.2) is 0 Å². The molecule has 7 heteroatoms. The van der Waals surface area contributed by atoms with Crippen LogP contribution in [0.5, 0.6) is 0 Å². The highest BCUT2D eigenvalue weighted by molar-refractivity contribution is 6.14. The van der Waals surface area contributed by atoms with E-state index in [4.69, 9.17) is 14.5 Å². The molecule has 1 atom stereocenters. The van der Waals surface area contributed by atoms with Crippen LogP contribution in [0.25, 0.3) is 0 Å². The summed E-state index contributed by atoms with van der Waals surface area (Å²) in [4.78, 5) is 44.1. The Morgan fingerprint density at radius 1 is 0.973 bits per heavy atom. The molecule has 1 heterocycles. The number of hydrogen-bond donors (Lipinski definition) is 0. The molecule has 37 heavy (non-hydrogen) atoms. The van der Waals surface area contributed by atoms with Gasteiger partial charge in [-0.2, -0.15) is 0 Å². The lowest BCUT2D eigenvalue weighted by Crippen LogP contribution is -2.41. The molecule has 1 aliphatic heterocycles. The largest absolute Gasteiger partial charge is 0.459 e. The van der Waals surface area contributed by atoms with E-state index in [1.54, 1.807) is 26.8 Å². The van der Waals surface area contributed by atoms with Gasteiger partial charge >= 0.3 is 12.1 Å². The van der Waals surface area contributed by atoms with Gasteiger partial charge in [0.2, 0.25) is 5.60 Å². The van der Waals surface area contributed by atoms with Crippen molar-refractivity contribution in [1.82, 2.24) is 4.90 Å². The molecule has 1 fully saturated rings. The lowest BCUT2D eigenvalue weighted by Gasteiger charge is -2.22. The van der Waals surface area contributed by atoms with E-state index in [9.17, 15) is 14.4 Å². The average Bonchev–Trinajstić information content (AvgIpc) is 3.34. The van der Waals surface area contributed by atoms with Crippen LogP contribution in [0.3, 0.4) is 0 Å². The number of carbonyl (C=O) groups is 3. The van der Waals surface area contributed by atoms with Crippen LogP contribution in [0.4, 0.5) is 10.5 Å². The highest BCUT2D eigenvalue weighted by Gasteiger charge is 2.58. The standard InChI is InChI=1S/C30H28N2O5/c1-29(2,3)36-25(33)19-32-27(34)30(37-28(32)35)17-16-22-18-23(14-15-24(22)30)31-26(20-10-6-4-7-11-20)21-12-8-5-9-13-21/h4-15,18H,16-17,19H2,1-3H3/t30-/m1/s1. The number of hydrogen-bond acceptors (Lipinski definition) is 6. The minimum Gasteiger partial charge on any atom is -0.459 e. The van der Waals surface area contributed by atoms with Gasteiger partial charge in [0.1, 0.15) is 12.1 Å². The summed E-state index contributed by atoms with van der Waals surface area (Å²) in [5, 5.41) is 0. The molecule has 3 aromatic carbocycles. The van der Waals surface area contributed by atoms with Crippen molar-refractivity contribution >= 4 is 29.4 Å². The molecule has 2 aliphatic rings. The third-order valence-corrected chi connectivity index (χ3v) is 6.39. The Hall–Kier alpha value is -4.26. The summed E-state index contributed by atoms with van der Waals surface area (Å²) in [5.74, 6) is -1.19. The van der Waals surface area contributed by atoms with Crippen LogP contribution in [0.1, 0.15) is 49.4 Å². The van der Waals surface area contributed by atoms with Crippen molar-refractivity contribution in [3.05, 3.63) is 101 Å². The molecule has 0 aromatic heterocycles. The molecule has 1 aliphatic carbocycles. The summed E-state index contributed by atoms with van der Waals surface area (Å²) in [5.41, 5.74) is 2.93. The molecule has 188 valence electrons. The molecule has 2 amide bonds. The summed E-state index contributed by atoms with van der Waals surface area (Å²) in [7, 11) is 0. The molecule has 7 nitrogen and oxygen atoms in total. The van der Waals surface area contributed by atoms with Gasteiger partial charge in [-0.1, -0.05) is 66.7 Å². The van der Waals surface area contributed by atoms with Crippen LogP contribution in [0.15, 0.2) is 83.9 Å². The van der Waals surface area contributed by atoms with Crippen LogP contribution >= 0.6 is 0 Å². The number of rotatable bonds is 5. The smallest absolute Gasteiger partial charge is 0.418 e. The van der Waals surface area contributed by atoms with E-state index in [1.165, 1.54) is 0 Å². The molecule has 0 bridgehead atoms. The summed E-state index contributed by atoms with van der Waals surface area (Å²) < 4.78 is 10.9. The van der Waals surface area contributed by atoms with Crippen LogP contribution in [0, 0.1) is 0 Å². The van der Waals surface area contributed by atoms with E-state index in [0.29, 0.717) is 18.4 Å². The first-order valence-corrected chi connectivity index (χ1v) is 12.3. The van der Waals surface area contributed by atoms with Crippen molar-refractivity contribution in [2.75, 3.05) is 6.54 Å². The molecule has 0 N–H and O–H groups in total. The van der Waals surface area contributed by atoms with Crippen molar-refractivity contribution in [2.45, 2.75) is 44.8 Å². The maximum atomic E-state index is 13.4. The number of amides is 2. The quantitative estimate of drug-likeness (QED) is 0.353. The van der Waals surface area contributed by atoms with Crippen molar-refractivity contribution in [3.8, 4) is 0 Å². The zero-order valence-corrected chi connectivity index (χ0v) is 21.1. The molecule has 1 saturated heterocycles. The maximum absolute atomic E-state index is 13.4. The first-order valence-electron chi connectivity index (χ1n) is 12.3. The number of fused-ring (bicyclic) bond motifs is 2. The number of aryl methyl sites for hydroxylation is 1. The fourth-order valence-corrected chi connectivity index (χ4v) is 4.83. The van der Waals surface area contributed by atoms with Crippen molar-refractivity contribution in [1.29, 1.82) is 0 Å². The number of aliphatic imine (C=N–C) groups is 1. The number of esters is 1. The fraction of sp³-hybridized carbons (Fsp3) is 0.267. The summed E-state index contributed by atoms with van der Waals surface area (Å²) >= 11 is 0. The van der Waals surface area contributed by atoms with Crippen molar-refractivity contribution in [3.63, 3.8) is 0 Å². The predicted octanol–water partition coefficient (Wildman–Crippen LogP) is 5.32. The Bertz CT molecular complexity index is 1350. The van der Waals surface area contributed by atoms with E-state index < -0.39 is 35.7 Å². The Kier molecular flexibility index (Phi) is 6.15. The zero-order chi connectivity index (χ0) is 26.2. The Morgan fingerprint density at radius 3 is 2.19 bits per heavy atom. The van der Waals surface area contributed by atoms with Gasteiger partial charge < -0.3 is 9.47 Å². The second-order valence-corrected chi connectivity index (χ2v) is 10.2. The molecular weight excluding hydrogens is 468 g/mol. The van der Waals surface area contributed by atoms with Gasteiger partial charge in [-0.15, -0.1) is 0 Å². The second-order valence-electron chi connectivity index (χ2n) is 10.2. The van der Waals surface area contributed by atoms with Crippen LogP contribution in [-0.2, 0) is 31.1 Å². The summed E-state index contributed by atoms with van der Waals surface area (Å²) in [6, 6.07) is 25.5. The molecule has 0 radical (unpaired) electrons. The first-order chi connectivity index (χ1) is 17.7. The third-order valence-electron chi connectivity index (χ3n) is 6.39. The molecule has 1 spiro atoms. The molecule has 5 rings (SSSR count). The maximum Gasteiger partial charge on any atom is 0.418 e. The Labute approximate surface area is 215 Å². The minimum absolute atomic E-state index is 0.315. The highest BCUT2D eigenvalue weighted by Crippen LogP contribution is 2.46. The van der Waals surface area contributed by atoms with E-state index in [1.807, 2.05) is 72.8 Å². The molecule has 0 unspecified atom stereocenters. The van der Waals surface area contributed by atoms with Crippen LogP contribution in [0.2, 0.25) is 0 Å². The number of carbonyl (C=O) groups excluding carboxylic acids is 3. The van der Waals surface area contributed by atoms with Crippen molar-refractivity contribution < 1.29 is 23.9 Å². The molecule has 3 aromatic rings. The normalized spacial score (nSPS) is 18.5. The van der Waals surface area contributed by atoms with E-state index in [-0.39, 0.29) is 0 Å². The minimum atomic E-state index is -1.42. The predicted molar refractivity (Wildman–Crippen MR) is 139 cm³/mol. The number of imide groups is 1. The van der Waals surface area contributed by atoms with Gasteiger partial charge in [-0.05, 0) is 44.9 Å². The number of benzene rings is 3. The SMILES string of the molecule is CC(C)(C)OC(=O)CN1C(=O)O[C@@]2(CCc3cc(N=C(c4ccccc4)c4ccccc4)ccc32)C1=O. The van der Waals surface area contributed by atoms with Crippen LogP contribution < -0.4 is 0 Å². The fourth-order valence-electron chi connectivity index (χ4n) is 4.83. The Morgan fingerprint density at radius 2 is 1.59 bits per heavy atom. The first kappa shape index (κ1) is 24.4. The average molecular weight is 497 g/mol. The van der Waals surface area contributed by atoms with Gasteiger partial charge in [0.05, 0.1) is 11.4 Å². The summed E-state index contributed by atoms with van der Waals surface area (Å²) in [6.07, 6.45) is 0.0281. The van der Waals surface area contributed by atoms with Gasteiger partial charge in [-0.3, -0.25) is 9.59 Å². The zero-order valence-electron chi connectivity index (χ0n) is 21.1. The third kappa shape index (κ3) is 4.77.